The summed E-state index contributed by atoms with van der Waals surface area (Å²) in [7, 11) is -2.06. The Hall–Kier alpha value is -3.83. The van der Waals surface area contributed by atoms with Crippen molar-refractivity contribution in [3.63, 3.8) is 0 Å². The number of pyridine rings is 1. The maximum atomic E-state index is 13.5. The van der Waals surface area contributed by atoms with E-state index in [1.165, 1.54) is 16.6 Å². The van der Waals surface area contributed by atoms with Crippen molar-refractivity contribution in [1.82, 2.24) is 24.3 Å². The zero-order chi connectivity index (χ0) is 26.3. The van der Waals surface area contributed by atoms with Crippen molar-refractivity contribution in [3.8, 4) is 5.88 Å². The number of fused-ring (bicyclic) bond motifs is 2. The van der Waals surface area contributed by atoms with Crippen LogP contribution in [-0.4, -0.2) is 56.4 Å². The number of hydrogen-bond donors (Lipinski definition) is 1. The van der Waals surface area contributed by atoms with Gasteiger partial charge in [-0.3, -0.25) is 4.79 Å². The zero-order valence-electron chi connectivity index (χ0n) is 20.7. The lowest BCUT2D eigenvalue weighted by Gasteiger charge is -2.23. The van der Waals surface area contributed by atoms with Gasteiger partial charge in [0, 0.05) is 25.7 Å². The molecular weight excluding hydrogens is 494 g/mol. The van der Waals surface area contributed by atoms with Crippen LogP contribution in [0.4, 0.5) is 0 Å². The van der Waals surface area contributed by atoms with E-state index in [4.69, 9.17) is 4.74 Å². The molecule has 1 aliphatic rings. The number of sulfonamides is 1. The average molecular weight is 522 g/mol. The number of carboxylic acid groups (broad SMARTS) is 1. The van der Waals surface area contributed by atoms with Crippen molar-refractivity contribution >= 4 is 27.0 Å². The third-order valence-electron chi connectivity index (χ3n) is 6.67. The molecule has 4 aromatic rings. The molecule has 0 spiro atoms. The zero-order valence-corrected chi connectivity index (χ0v) is 21.5. The molecule has 0 fully saturated rings. The number of aliphatic carboxylic acids is 1. The smallest absolute Gasteiger partial charge is 0.304 e. The highest BCUT2D eigenvalue weighted by molar-refractivity contribution is 7.89. The van der Waals surface area contributed by atoms with Crippen molar-refractivity contribution in [3.05, 3.63) is 77.0 Å². The summed E-state index contributed by atoms with van der Waals surface area (Å²) in [6, 6.07) is 14.4. The molecule has 11 heteroatoms. The number of aromatic nitrogens is 4. The third kappa shape index (κ3) is 4.79. The largest absolute Gasteiger partial charge is 0.481 e. The number of nitrogens with zero attached hydrogens (tertiary/aromatic N) is 5. The Labute approximate surface area is 214 Å². The molecule has 0 aliphatic carbocycles. The van der Waals surface area contributed by atoms with Crippen molar-refractivity contribution in [2.45, 2.75) is 43.7 Å². The van der Waals surface area contributed by atoms with Crippen molar-refractivity contribution < 1.29 is 23.1 Å². The molecule has 5 rings (SSSR count). The second-order valence-corrected chi connectivity index (χ2v) is 11.2. The SMILES string of the molecule is Cc1ccc(C(CC(=O)O)c2ccc3c(c2)nnn3C)cc1CN1C[C@@H](C)Oc2ncccc2S1(=O)=O. The van der Waals surface area contributed by atoms with Gasteiger partial charge in [0.15, 0.2) is 0 Å². The predicted octanol–water partition coefficient (Wildman–Crippen LogP) is 3.25. The third-order valence-corrected chi connectivity index (χ3v) is 8.49. The molecular formula is C26H27N5O5S. The second kappa shape index (κ2) is 9.56. The van der Waals surface area contributed by atoms with Gasteiger partial charge >= 0.3 is 5.97 Å². The Kier molecular flexibility index (Phi) is 6.42. The maximum Gasteiger partial charge on any atom is 0.304 e. The van der Waals surface area contributed by atoms with Crippen LogP contribution >= 0.6 is 0 Å². The molecule has 10 nitrogen and oxygen atoms in total. The van der Waals surface area contributed by atoms with Crippen LogP contribution in [0.25, 0.3) is 11.0 Å². The number of aryl methyl sites for hydroxylation is 2. The highest BCUT2D eigenvalue weighted by Gasteiger charge is 2.34. The molecule has 37 heavy (non-hydrogen) atoms. The van der Waals surface area contributed by atoms with Crippen LogP contribution in [0.3, 0.4) is 0 Å². The van der Waals surface area contributed by atoms with Gasteiger partial charge < -0.3 is 9.84 Å². The second-order valence-electron chi connectivity index (χ2n) is 9.33. The monoisotopic (exact) mass is 521 g/mol. The van der Waals surface area contributed by atoms with E-state index in [9.17, 15) is 18.3 Å². The van der Waals surface area contributed by atoms with Crippen LogP contribution in [0.15, 0.2) is 59.6 Å². The van der Waals surface area contributed by atoms with Crippen LogP contribution in [-0.2, 0) is 28.4 Å². The van der Waals surface area contributed by atoms with Crippen LogP contribution in [0.5, 0.6) is 5.88 Å². The van der Waals surface area contributed by atoms with Gasteiger partial charge in [-0.1, -0.05) is 29.5 Å². The van der Waals surface area contributed by atoms with Crippen LogP contribution in [0.2, 0.25) is 0 Å². The quantitative estimate of drug-likeness (QED) is 0.410. The molecule has 0 saturated heterocycles. The Morgan fingerprint density at radius 2 is 1.95 bits per heavy atom. The highest BCUT2D eigenvalue weighted by atomic mass is 32.2. The summed E-state index contributed by atoms with van der Waals surface area (Å²) in [5.74, 6) is -1.28. The minimum Gasteiger partial charge on any atom is -0.481 e. The van der Waals surface area contributed by atoms with E-state index in [0.29, 0.717) is 5.52 Å². The van der Waals surface area contributed by atoms with Gasteiger partial charge in [0.2, 0.25) is 15.9 Å². The normalized spacial score (nSPS) is 18.1. The molecule has 1 aliphatic heterocycles. The minimum atomic E-state index is -3.86. The summed E-state index contributed by atoms with van der Waals surface area (Å²) in [6.45, 7) is 4.00. The number of carboxylic acids is 1. The van der Waals surface area contributed by atoms with Crippen molar-refractivity contribution in [2.24, 2.45) is 7.05 Å². The lowest BCUT2D eigenvalue weighted by Crippen LogP contribution is -2.35. The number of hydrogen-bond acceptors (Lipinski definition) is 7. The first kappa shape index (κ1) is 24.8. The average Bonchev–Trinajstić information content (AvgIpc) is 3.19. The molecule has 2 aromatic carbocycles. The van der Waals surface area contributed by atoms with Crippen LogP contribution in [0.1, 0.15) is 41.5 Å². The fraction of sp³-hybridized carbons (Fsp3) is 0.308. The molecule has 2 aromatic heterocycles. The Balaban J connectivity index is 1.53. The molecule has 192 valence electrons. The predicted molar refractivity (Wildman–Crippen MR) is 136 cm³/mol. The summed E-state index contributed by atoms with van der Waals surface area (Å²) in [6.07, 6.45) is 0.985. The topological polar surface area (TPSA) is 128 Å². The van der Waals surface area contributed by atoms with Crippen LogP contribution in [0, 0.1) is 6.92 Å². The molecule has 1 unspecified atom stereocenters. The number of rotatable bonds is 6. The fourth-order valence-corrected chi connectivity index (χ4v) is 6.27. The Bertz CT molecular complexity index is 1600. The summed E-state index contributed by atoms with van der Waals surface area (Å²) in [5.41, 5.74) is 4.80. The van der Waals surface area contributed by atoms with Crippen LogP contribution < -0.4 is 4.74 Å². The van der Waals surface area contributed by atoms with Gasteiger partial charge in [-0.05, 0) is 60.4 Å². The van der Waals surface area contributed by atoms with Gasteiger partial charge in [0.05, 0.1) is 18.5 Å². The number of benzene rings is 2. The standard InChI is InChI=1S/C26H27N5O5S/c1-16-6-7-18(21(13-25(32)33)19-8-9-23-22(12-19)28-29-30(23)3)11-20(16)15-31-14-17(2)36-26-24(37(31,34)35)5-4-10-27-26/h4-12,17,21H,13-15H2,1-3H3,(H,32,33)/t17-,21?/m1/s1. The Morgan fingerprint density at radius 1 is 1.19 bits per heavy atom. The molecule has 0 saturated carbocycles. The van der Waals surface area contributed by atoms with Gasteiger partial charge in [-0.25, -0.2) is 18.1 Å². The first-order valence-electron chi connectivity index (χ1n) is 11.9. The lowest BCUT2D eigenvalue weighted by atomic mass is 9.86. The molecule has 3 heterocycles. The van der Waals surface area contributed by atoms with E-state index in [2.05, 4.69) is 15.3 Å². The van der Waals surface area contributed by atoms with E-state index < -0.39 is 28.0 Å². The summed E-state index contributed by atoms with van der Waals surface area (Å²) >= 11 is 0. The first-order valence-corrected chi connectivity index (χ1v) is 13.3. The van der Waals surface area contributed by atoms with Crippen molar-refractivity contribution in [2.75, 3.05) is 6.54 Å². The maximum absolute atomic E-state index is 13.5. The molecule has 0 bridgehead atoms. The number of carbonyl (C=O) groups is 1. The molecule has 2 atom stereocenters. The van der Waals surface area contributed by atoms with Gasteiger partial charge in [-0.15, -0.1) is 5.10 Å². The summed E-state index contributed by atoms with van der Waals surface area (Å²) in [4.78, 5) is 16.0. The molecule has 0 amide bonds. The lowest BCUT2D eigenvalue weighted by molar-refractivity contribution is -0.137. The van der Waals surface area contributed by atoms with E-state index in [-0.39, 0.29) is 30.3 Å². The summed E-state index contributed by atoms with van der Waals surface area (Å²) < 4.78 is 35.9. The van der Waals surface area contributed by atoms with Gasteiger partial charge in [0.25, 0.3) is 0 Å². The van der Waals surface area contributed by atoms with Gasteiger partial charge in [-0.2, -0.15) is 4.31 Å². The Morgan fingerprint density at radius 3 is 2.73 bits per heavy atom. The highest BCUT2D eigenvalue weighted by Crippen LogP contribution is 2.33. The summed E-state index contributed by atoms with van der Waals surface area (Å²) in [5, 5.41) is 17.9. The van der Waals surface area contributed by atoms with E-state index in [1.54, 1.807) is 24.7 Å². The van der Waals surface area contributed by atoms with Crippen molar-refractivity contribution in [1.29, 1.82) is 0 Å². The first-order chi connectivity index (χ1) is 17.6. The van der Waals surface area contributed by atoms with E-state index in [1.807, 2.05) is 43.3 Å². The van der Waals surface area contributed by atoms with E-state index in [0.717, 1.165) is 27.8 Å². The molecule has 0 radical (unpaired) electrons. The molecule has 1 N–H and O–H groups in total. The van der Waals surface area contributed by atoms with Gasteiger partial charge in [0.1, 0.15) is 16.5 Å². The minimum absolute atomic E-state index is 0.0363. The van der Waals surface area contributed by atoms with E-state index >= 15 is 0 Å². The fourth-order valence-electron chi connectivity index (χ4n) is 4.71. The number of ether oxygens (including phenoxy) is 1.